The largest absolute Gasteiger partial charge is 0.469 e. The summed E-state index contributed by atoms with van der Waals surface area (Å²) in [6, 6.07) is 6.41. The van der Waals surface area contributed by atoms with Gasteiger partial charge in [0.05, 0.1) is 13.0 Å². The van der Waals surface area contributed by atoms with Gasteiger partial charge in [-0.3, -0.25) is 4.79 Å². The average Bonchev–Trinajstić information content (AvgIpc) is 2.39. The van der Waals surface area contributed by atoms with E-state index in [0.717, 1.165) is 18.4 Å². The minimum atomic E-state index is -0.129. The molecule has 1 aromatic rings. The van der Waals surface area contributed by atoms with Crippen LogP contribution in [0.3, 0.4) is 0 Å². The van der Waals surface area contributed by atoms with Crippen LogP contribution in [0.15, 0.2) is 23.1 Å². The van der Waals surface area contributed by atoms with E-state index in [-0.39, 0.29) is 11.9 Å². The Labute approximate surface area is 107 Å². The van der Waals surface area contributed by atoms with Gasteiger partial charge in [-0.15, -0.1) is 11.8 Å². The standard InChI is InChI=1S/C14H18O2S/c1-3-12(14(15)16-2)10-6-7-13-11(9-10)5-4-8-17-13/h6-7,9,12H,3-5,8H2,1-2H3. The van der Waals surface area contributed by atoms with Crippen molar-refractivity contribution >= 4 is 17.7 Å². The molecule has 17 heavy (non-hydrogen) atoms. The molecule has 0 bridgehead atoms. The zero-order valence-corrected chi connectivity index (χ0v) is 11.2. The molecule has 0 fully saturated rings. The first-order valence-corrected chi connectivity index (χ1v) is 7.08. The molecule has 92 valence electrons. The summed E-state index contributed by atoms with van der Waals surface area (Å²) < 4.78 is 4.86. The van der Waals surface area contributed by atoms with Crippen molar-refractivity contribution in [2.75, 3.05) is 12.9 Å². The second kappa shape index (κ2) is 5.58. The van der Waals surface area contributed by atoms with Crippen molar-refractivity contribution < 1.29 is 9.53 Å². The van der Waals surface area contributed by atoms with Gasteiger partial charge in [-0.2, -0.15) is 0 Å². The van der Waals surface area contributed by atoms with E-state index in [2.05, 4.69) is 18.2 Å². The molecule has 1 unspecified atom stereocenters. The number of rotatable bonds is 3. The van der Waals surface area contributed by atoms with E-state index in [9.17, 15) is 4.79 Å². The van der Waals surface area contributed by atoms with Crippen LogP contribution in [0.1, 0.15) is 36.8 Å². The lowest BCUT2D eigenvalue weighted by atomic mass is 9.94. The fraction of sp³-hybridized carbons (Fsp3) is 0.500. The molecule has 3 heteroatoms. The van der Waals surface area contributed by atoms with Crippen LogP contribution in [0.2, 0.25) is 0 Å². The number of carbonyl (C=O) groups excluding carboxylic acids is 1. The molecule has 2 rings (SSSR count). The third kappa shape index (κ3) is 2.65. The maximum absolute atomic E-state index is 11.7. The lowest BCUT2D eigenvalue weighted by Crippen LogP contribution is -2.14. The highest BCUT2D eigenvalue weighted by atomic mass is 32.2. The minimum Gasteiger partial charge on any atom is -0.469 e. The third-order valence-electron chi connectivity index (χ3n) is 3.23. The zero-order valence-electron chi connectivity index (χ0n) is 10.4. The lowest BCUT2D eigenvalue weighted by Gasteiger charge is -2.19. The van der Waals surface area contributed by atoms with Crippen LogP contribution in [0.5, 0.6) is 0 Å². The highest BCUT2D eigenvalue weighted by molar-refractivity contribution is 7.99. The molecule has 0 amide bonds. The van der Waals surface area contributed by atoms with E-state index >= 15 is 0 Å². The Morgan fingerprint density at radius 2 is 2.35 bits per heavy atom. The Bertz CT molecular complexity index is 415. The molecular formula is C14H18O2S. The van der Waals surface area contributed by atoms with Crippen molar-refractivity contribution in [1.82, 2.24) is 0 Å². The molecule has 1 aliphatic rings. The predicted octanol–water partition coefficient (Wildman–Crippen LogP) is 3.39. The van der Waals surface area contributed by atoms with Gasteiger partial charge in [0.1, 0.15) is 0 Å². The molecule has 0 saturated heterocycles. The van der Waals surface area contributed by atoms with E-state index in [0.29, 0.717) is 0 Å². The molecule has 1 heterocycles. The SMILES string of the molecule is CCC(C(=O)OC)c1ccc2c(c1)CCCS2. The number of ether oxygens (including phenoxy) is 1. The van der Waals surface area contributed by atoms with Crippen LogP contribution in [-0.4, -0.2) is 18.8 Å². The van der Waals surface area contributed by atoms with Crippen molar-refractivity contribution in [2.45, 2.75) is 37.0 Å². The Balaban J connectivity index is 2.29. The number of thioether (sulfide) groups is 1. The van der Waals surface area contributed by atoms with Gasteiger partial charge in [-0.05, 0) is 42.2 Å². The molecule has 1 atom stereocenters. The monoisotopic (exact) mass is 250 g/mol. The number of methoxy groups -OCH3 is 1. The number of hydrogen-bond acceptors (Lipinski definition) is 3. The number of fused-ring (bicyclic) bond motifs is 1. The lowest BCUT2D eigenvalue weighted by molar-refractivity contribution is -0.142. The fourth-order valence-electron chi connectivity index (χ4n) is 2.28. The summed E-state index contributed by atoms with van der Waals surface area (Å²) in [5.41, 5.74) is 2.49. The number of hydrogen-bond donors (Lipinski definition) is 0. The molecule has 1 aliphatic heterocycles. The van der Waals surface area contributed by atoms with E-state index in [1.165, 1.54) is 29.7 Å². The second-order valence-corrected chi connectivity index (χ2v) is 5.44. The van der Waals surface area contributed by atoms with Crippen LogP contribution in [-0.2, 0) is 16.0 Å². The van der Waals surface area contributed by atoms with E-state index in [1.807, 2.05) is 18.7 Å². The molecule has 0 N–H and O–H groups in total. The summed E-state index contributed by atoms with van der Waals surface area (Å²) >= 11 is 1.91. The fourth-order valence-corrected chi connectivity index (χ4v) is 3.30. The normalized spacial score (nSPS) is 16.1. The maximum atomic E-state index is 11.7. The van der Waals surface area contributed by atoms with Gasteiger partial charge in [0.2, 0.25) is 0 Å². The third-order valence-corrected chi connectivity index (χ3v) is 4.43. The van der Waals surface area contributed by atoms with E-state index in [1.54, 1.807) is 0 Å². The first-order valence-electron chi connectivity index (χ1n) is 6.09. The molecule has 0 radical (unpaired) electrons. The summed E-state index contributed by atoms with van der Waals surface area (Å²) in [5.74, 6) is 0.966. The van der Waals surface area contributed by atoms with Gasteiger partial charge in [-0.25, -0.2) is 0 Å². The van der Waals surface area contributed by atoms with Gasteiger partial charge in [0.25, 0.3) is 0 Å². The Hall–Kier alpha value is -0.960. The molecular weight excluding hydrogens is 232 g/mol. The van der Waals surface area contributed by atoms with Crippen LogP contribution in [0.25, 0.3) is 0 Å². The molecule has 0 aliphatic carbocycles. The summed E-state index contributed by atoms with van der Waals surface area (Å²) in [6.45, 7) is 2.02. The number of benzene rings is 1. The van der Waals surface area contributed by atoms with Crippen LogP contribution >= 0.6 is 11.8 Å². The first-order chi connectivity index (χ1) is 8.26. The van der Waals surface area contributed by atoms with Gasteiger partial charge in [0, 0.05) is 4.90 Å². The molecule has 0 aromatic heterocycles. The van der Waals surface area contributed by atoms with E-state index < -0.39 is 0 Å². The van der Waals surface area contributed by atoms with E-state index in [4.69, 9.17) is 4.74 Å². The predicted molar refractivity (Wildman–Crippen MR) is 70.5 cm³/mol. The van der Waals surface area contributed by atoms with Crippen LogP contribution < -0.4 is 0 Å². The van der Waals surface area contributed by atoms with Gasteiger partial charge < -0.3 is 4.74 Å². The number of esters is 1. The molecule has 2 nitrogen and oxygen atoms in total. The van der Waals surface area contributed by atoms with Gasteiger partial charge >= 0.3 is 5.97 Å². The number of aryl methyl sites for hydroxylation is 1. The Morgan fingerprint density at radius 3 is 3.06 bits per heavy atom. The van der Waals surface area contributed by atoms with Gasteiger partial charge in [-0.1, -0.05) is 19.1 Å². The first kappa shape index (κ1) is 12.5. The average molecular weight is 250 g/mol. The highest BCUT2D eigenvalue weighted by Crippen LogP contribution is 2.33. The minimum absolute atomic E-state index is 0.114. The summed E-state index contributed by atoms with van der Waals surface area (Å²) in [6.07, 6.45) is 3.16. The van der Waals surface area contributed by atoms with Crippen molar-refractivity contribution in [3.8, 4) is 0 Å². The zero-order chi connectivity index (χ0) is 12.3. The summed E-state index contributed by atoms with van der Waals surface area (Å²) in [4.78, 5) is 13.1. The highest BCUT2D eigenvalue weighted by Gasteiger charge is 2.21. The maximum Gasteiger partial charge on any atom is 0.313 e. The molecule has 1 aromatic carbocycles. The molecule has 0 spiro atoms. The van der Waals surface area contributed by atoms with Gasteiger partial charge in [0.15, 0.2) is 0 Å². The van der Waals surface area contributed by atoms with Crippen molar-refractivity contribution in [3.05, 3.63) is 29.3 Å². The summed E-state index contributed by atoms with van der Waals surface area (Å²) in [7, 11) is 1.46. The number of carbonyl (C=O) groups is 1. The quantitative estimate of drug-likeness (QED) is 0.769. The van der Waals surface area contributed by atoms with Crippen LogP contribution in [0, 0.1) is 0 Å². The second-order valence-electron chi connectivity index (χ2n) is 4.30. The Morgan fingerprint density at radius 1 is 1.53 bits per heavy atom. The smallest absolute Gasteiger partial charge is 0.313 e. The summed E-state index contributed by atoms with van der Waals surface area (Å²) in [5, 5.41) is 0. The van der Waals surface area contributed by atoms with Crippen molar-refractivity contribution in [3.63, 3.8) is 0 Å². The topological polar surface area (TPSA) is 26.3 Å². The van der Waals surface area contributed by atoms with Crippen molar-refractivity contribution in [1.29, 1.82) is 0 Å². The van der Waals surface area contributed by atoms with Crippen LogP contribution in [0.4, 0.5) is 0 Å². The van der Waals surface area contributed by atoms with Crippen molar-refractivity contribution in [2.24, 2.45) is 0 Å². The molecule has 0 saturated carbocycles. The Kier molecular flexibility index (Phi) is 4.11.